The fourth-order valence-corrected chi connectivity index (χ4v) is 2.70. The van der Waals surface area contributed by atoms with Gasteiger partial charge in [0, 0.05) is 17.5 Å². The Morgan fingerprint density at radius 2 is 1.91 bits per heavy atom. The van der Waals surface area contributed by atoms with Crippen LogP contribution >= 0.6 is 11.6 Å². The highest BCUT2D eigenvalue weighted by molar-refractivity contribution is 6.32. The van der Waals surface area contributed by atoms with Crippen molar-refractivity contribution in [3.63, 3.8) is 0 Å². The topological polar surface area (TPSA) is 51.5 Å². The molecular formula is C18H18ClNO3. The quantitative estimate of drug-likeness (QED) is 0.851. The molecular weight excluding hydrogens is 316 g/mol. The molecule has 120 valence electrons. The Labute approximate surface area is 140 Å². The van der Waals surface area contributed by atoms with Gasteiger partial charge in [-0.05, 0) is 45.9 Å². The van der Waals surface area contributed by atoms with Crippen LogP contribution in [0.1, 0.15) is 35.6 Å². The molecule has 1 aromatic carbocycles. The number of aromatic nitrogens is 1. The Hall–Kier alpha value is -2.38. The number of aromatic carboxylic acids is 1. The Balaban J connectivity index is 2.61. The van der Waals surface area contributed by atoms with Crippen LogP contribution in [0.3, 0.4) is 0 Å². The molecule has 0 aliphatic carbocycles. The summed E-state index contributed by atoms with van der Waals surface area (Å²) in [6, 6.07) is 7.02. The molecule has 0 saturated carbocycles. The van der Waals surface area contributed by atoms with Crippen LogP contribution in [-0.2, 0) is 0 Å². The molecule has 0 saturated heterocycles. The largest absolute Gasteiger partial charge is 0.478 e. The maximum absolute atomic E-state index is 11.5. The molecule has 4 nitrogen and oxygen atoms in total. The van der Waals surface area contributed by atoms with Crippen LogP contribution in [0.2, 0.25) is 5.02 Å². The number of nitrogens with zero attached hydrogens (tertiary/aromatic N) is 1. The van der Waals surface area contributed by atoms with Gasteiger partial charge in [0.1, 0.15) is 11.3 Å². The van der Waals surface area contributed by atoms with E-state index in [0.29, 0.717) is 10.7 Å². The second-order valence-electron chi connectivity index (χ2n) is 5.21. The number of aryl methyl sites for hydroxylation is 2. The summed E-state index contributed by atoms with van der Waals surface area (Å²) in [4.78, 5) is 11.5. The second-order valence-corrected chi connectivity index (χ2v) is 5.62. The number of carboxylic acid groups (broad SMARTS) is 1. The molecule has 0 aliphatic heterocycles. The number of halogens is 1. The molecule has 0 fully saturated rings. The van der Waals surface area contributed by atoms with Crippen molar-refractivity contribution in [1.29, 1.82) is 0 Å². The number of rotatable bonds is 4. The number of hydrogen-bond acceptors (Lipinski definition) is 2. The lowest BCUT2D eigenvalue weighted by Gasteiger charge is -2.17. The highest BCUT2D eigenvalue weighted by atomic mass is 35.5. The van der Waals surface area contributed by atoms with Crippen LogP contribution in [0.15, 0.2) is 24.3 Å². The minimum atomic E-state index is -1.09. The van der Waals surface area contributed by atoms with Crippen molar-refractivity contribution in [3.05, 3.63) is 46.2 Å². The van der Waals surface area contributed by atoms with E-state index >= 15 is 0 Å². The zero-order valence-electron chi connectivity index (χ0n) is 13.5. The molecule has 1 heterocycles. The molecule has 2 aromatic rings. The second kappa shape index (κ2) is 6.80. The molecule has 0 amide bonds. The van der Waals surface area contributed by atoms with Crippen molar-refractivity contribution < 1.29 is 14.6 Å². The van der Waals surface area contributed by atoms with Gasteiger partial charge in [-0.3, -0.25) is 0 Å². The van der Waals surface area contributed by atoms with Gasteiger partial charge in [0.05, 0.1) is 10.7 Å². The Morgan fingerprint density at radius 3 is 2.43 bits per heavy atom. The smallest absolute Gasteiger partial charge is 0.339 e. The highest BCUT2D eigenvalue weighted by Crippen LogP contribution is 2.32. The standard InChI is InChI=1S/C18H18ClNO3/c1-5-6-13(4)23-17-10-16(15(19)9-14(17)18(21)22)20-11(2)7-8-12(20)3/h7-10,13H,1-4H3,(H,21,22)/t13-/m0/s1/i18+2. The monoisotopic (exact) mass is 333 g/mol. The molecule has 0 bridgehead atoms. The van der Waals surface area contributed by atoms with Crippen LogP contribution in [0.25, 0.3) is 5.69 Å². The normalized spacial score (nSPS) is 11.5. The van der Waals surface area contributed by atoms with Crippen molar-refractivity contribution in [3.8, 4) is 23.3 Å². The van der Waals surface area contributed by atoms with E-state index in [-0.39, 0.29) is 11.3 Å². The summed E-state index contributed by atoms with van der Waals surface area (Å²) in [5.74, 6) is 4.76. The number of hydrogen-bond donors (Lipinski definition) is 1. The minimum Gasteiger partial charge on any atom is -0.478 e. The Kier molecular flexibility index (Phi) is 5.02. The van der Waals surface area contributed by atoms with E-state index in [0.717, 1.165) is 11.4 Å². The number of carboxylic acids is 1. The van der Waals surface area contributed by atoms with Crippen LogP contribution in [0.4, 0.5) is 0 Å². The van der Waals surface area contributed by atoms with Crippen molar-refractivity contribution in [2.45, 2.75) is 33.8 Å². The summed E-state index contributed by atoms with van der Waals surface area (Å²) < 4.78 is 7.65. The van der Waals surface area contributed by atoms with E-state index < -0.39 is 12.1 Å². The van der Waals surface area contributed by atoms with Gasteiger partial charge >= 0.3 is 5.97 Å². The van der Waals surface area contributed by atoms with Gasteiger partial charge in [0.25, 0.3) is 0 Å². The fourth-order valence-electron chi connectivity index (χ4n) is 2.45. The van der Waals surface area contributed by atoms with E-state index in [4.69, 9.17) is 16.3 Å². The lowest BCUT2D eigenvalue weighted by molar-refractivity contribution is 0.0691. The van der Waals surface area contributed by atoms with Gasteiger partial charge in [-0.1, -0.05) is 17.5 Å². The van der Waals surface area contributed by atoms with Gasteiger partial charge in [0.15, 0.2) is 6.10 Å². The summed E-state index contributed by atoms with van der Waals surface area (Å²) in [5.41, 5.74) is 2.70. The molecule has 23 heavy (non-hydrogen) atoms. The summed E-state index contributed by atoms with van der Waals surface area (Å²) >= 11 is 6.31. The van der Waals surface area contributed by atoms with Crippen molar-refractivity contribution in [2.75, 3.05) is 0 Å². The predicted molar refractivity (Wildman–Crippen MR) is 90.8 cm³/mol. The van der Waals surface area contributed by atoms with Gasteiger partial charge in [-0.25, -0.2) is 4.79 Å². The van der Waals surface area contributed by atoms with Crippen LogP contribution < -0.4 is 4.74 Å². The first-order valence-corrected chi connectivity index (χ1v) is 7.54. The zero-order chi connectivity index (χ0) is 17.1. The molecule has 0 radical (unpaired) electrons. The first kappa shape index (κ1) is 17.0. The average molecular weight is 334 g/mol. The molecule has 1 N–H and O–H groups in total. The van der Waals surface area contributed by atoms with Crippen LogP contribution in [0, 0.1) is 25.7 Å². The fraction of sp³-hybridized carbons (Fsp3) is 0.278. The average Bonchev–Trinajstić information content (AvgIpc) is 2.80. The SMILES string of the molecule is CC#C[C@H](C)Oc1cc(-n2c(C)ccc2C)c(Cl)cc1[14C](=O)O. The minimum absolute atomic E-state index is 0.0194. The third-order valence-electron chi connectivity index (χ3n) is 3.44. The molecule has 2 rings (SSSR count). The predicted octanol–water partition coefficient (Wildman–Crippen LogP) is 4.24. The third-order valence-corrected chi connectivity index (χ3v) is 3.75. The molecule has 0 aliphatic rings. The molecule has 0 unspecified atom stereocenters. The molecule has 0 spiro atoms. The summed E-state index contributed by atoms with van der Waals surface area (Å²) in [5, 5.41) is 9.74. The van der Waals surface area contributed by atoms with Gasteiger partial charge in [-0.15, -0.1) is 5.92 Å². The van der Waals surface area contributed by atoms with Crippen molar-refractivity contribution in [1.82, 2.24) is 4.57 Å². The van der Waals surface area contributed by atoms with Crippen LogP contribution in [0.5, 0.6) is 5.75 Å². The molecule has 5 heteroatoms. The van der Waals surface area contributed by atoms with Crippen LogP contribution in [-0.4, -0.2) is 21.7 Å². The van der Waals surface area contributed by atoms with E-state index in [9.17, 15) is 9.90 Å². The number of carbonyl (C=O) groups is 1. The highest BCUT2D eigenvalue weighted by Gasteiger charge is 2.19. The lowest BCUT2D eigenvalue weighted by Crippen LogP contribution is -2.13. The van der Waals surface area contributed by atoms with Gasteiger partial charge in [-0.2, -0.15) is 0 Å². The maximum Gasteiger partial charge on any atom is 0.339 e. The van der Waals surface area contributed by atoms with E-state index in [1.54, 1.807) is 19.9 Å². The first-order valence-electron chi connectivity index (χ1n) is 7.16. The maximum atomic E-state index is 11.5. The third kappa shape index (κ3) is 3.52. The zero-order valence-corrected chi connectivity index (χ0v) is 14.2. The first-order chi connectivity index (χ1) is 10.8. The summed E-state index contributed by atoms with van der Waals surface area (Å²) in [6.07, 6.45) is -0.418. The van der Waals surface area contributed by atoms with E-state index in [2.05, 4.69) is 11.8 Å². The van der Waals surface area contributed by atoms with E-state index in [1.165, 1.54) is 6.07 Å². The molecule has 1 atom stereocenters. The molecule has 1 aromatic heterocycles. The Bertz CT molecular complexity index is 792. The number of benzene rings is 1. The van der Waals surface area contributed by atoms with E-state index in [1.807, 2.05) is 30.5 Å². The summed E-state index contributed by atoms with van der Waals surface area (Å²) in [7, 11) is 0. The summed E-state index contributed by atoms with van der Waals surface area (Å²) in [6.45, 7) is 7.39. The van der Waals surface area contributed by atoms with Gasteiger partial charge < -0.3 is 14.4 Å². The van der Waals surface area contributed by atoms with Crippen molar-refractivity contribution in [2.24, 2.45) is 0 Å². The van der Waals surface area contributed by atoms with Crippen molar-refractivity contribution >= 4 is 17.6 Å². The van der Waals surface area contributed by atoms with Gasteiger partial charge in [0.2, 0.25) is 0 Å². The number of ether oxygens (including phenoxy) is 1. The lowest BCUT2D eigenvalue weighted by atomic mass is 10.2. The Morgan fingerprint density at radius 1 is 1.30 bits per heavy atom.